The number of nitrogens with one attached hydrogen (secondary N) is 3. The molecule has 2 unspecified atom stereocenters. The van der Waals surface area contributed by atoms with Gasteiger partial charge >= 0.3 is 5.97 Å². The van der Waals surface area contributed by atoms with Crippen LogP contribution >= 0.6 is 0 Å². The van der Waals surface area contributed by atoms with Gasteiger partial charge in [0.2, 0.25) is 5.91 Å². The molecule has 28 heavy (non-hydrogen) atoms. The van der Waals surface area contributed by atoms with Crippen LogP contribution in [0.1, 0.15) is 11.1 Å². The van der Waals surface area contributed by atoms with Crippen LogP contribution in [-0.4, -0.2) is 43.1 Å². The minimum atomic E-state index is -0.761. The average molecular weight is 379 g/mol. The van der Waals surface area contributed by atoms with Crippen molar-refractivity contribution < 1.29 is 14.3 Å². The number of carbonyl (C=O) groups excluding carboxylic acids is 2. The molecule has 3 N–H and O–H groups in total. The molecule has 0 bridgehead atoms. The van der Waals surface area contributed by atoms with Crippen LogP contribution in [0.25, 0.3) is 10.9 Å². The number of carbonyl (C=O) groups is 2. The third kappa shape index (κ3) is 4.58. The van der Waals surface area contributed by atoms with Crippen LogP contribution in [0.5, 0.6) is 0 Å². The summed E-state index contributed by atoms with van der Waals surface area (Å²) >= 11 is 0. The number of amides is 1. The van der Waals surface area contributed by atoms with Gasteiger partial charge in [-0.1, -0.05) is 48.5 Å². The summed E-state index contributed by atoms with van der Waals surface area (Å²) in [6, 6.07) is 16.4. The van der Waals surface area contributed by atoms with Crippen molar-refractivity contribution in [1.29, 1.82) is 0 Å². The summed E-state index contributed by atoms with van der Waals surface area (Å²) in [5.41, 5.74) is 2.99. The summed E-state index contributed by atoms with van der Waals surface area (Å²) in [5, 5.41) is 6.91. The van der Waals surface area contributed by atoms with Gasteiger partial charge in [-0.15, -0.1) is 0 Å². The lowest BCUT2D eigenvalue weighted by Gasteiger charge is -2.21. The lowest BCUT2D eigenvalue weighted by Crippen LogP contribution is -2.51. The Bertz CT molecular complexity index is 936. The summed E-state index contributed by atoms with van der Waals surface area (Å²) in [4.78, 5) is 28.3. The Balaban J connectivity index is 1.74. The molecule has 0 fully saturated rings. The number of methoxy groups -OCH3 is 1. The van der Waals surface area contributed by atoms with E-state index in [-0.39, 0.29) is 5.91 Å². The molecule has 2 aromatic carbocycles. The molecule has 0 saturated heterocycles. The molecule has 3 aromatic rings. The molecule has 0 aliphatic heterocycles. The minimum absolute atomic E-state index is 0.235. The Kier molecular flexibility index (Phi) is 6.45. The highest BCUT2D eigenvalue weighted by Gasteiger charge is 2.26. The number of likely N-dealkylation sites (N-methyl/N-ethyl adjacent to an activating group) is 1. The summed E-state index contributed by atoms with van der Waals surface area (Å²) in [5.74, 6) is -0.699. The second-order valence-corrected chi connectivity index (χ2v) is 6.68. The summed E-state index contributed by atoms with van der Waals surface area (Å²) in [7, 11) is 3.07. The maximum absolute atomic E-state index is 12.8. The maximum Gasteiger partial charge on any atom is 0.328 e. The standard InChI is InChI=1S/C22H25N3O3/c1-23-19(12-15-8-4-3-5-9-15)21(26)25-20(22(27)28-2)13-16-14-24-18-11-7-6-10-17(16)18/h3-11,14,19-20,23-24H,12-13H2,1-2H3,(H,25,26). The van der Waals surface area contributed by atoms with Crippen LogP contribution in [0.15, 0.2) is 60.8 Å². The second kappa shape index (κ2) is 9.19. The molecular formula is C22H25N3O3. The van der Waals surface area contributed by atoms with Gasteiger partial charge in [-0.05, 0) is 30.7 Å². The van der Waals surface area contributed by atoms with Crippen molar-refractivity contribution >= 4 is 22.8 Å². The Morgan fingerprint density at radius 2 is 1.71 bits per heavy atom. The van der Waals surface area contributed by atoms with Crippen molar-refractivity contribution in [3.63, 3.8) is 0 Å². The summed E-state index contributed by atoms with van der Waals surface area (Å²) in [6.45, 7) is 0. The highest BCUT2D eigenvalue weighted by molar-refractivity contribution is 5.89. The van der Waals surface area contributed by atoms with Gasteiger partial charge in [-0.25, -0.2) is 4.79 Å². The number of hydrogen-bond acceptors (Lipinski definition) is 4. The fraction of sp³-hybridized carbons (Fsp3) is 0.273. The van der Waals surface area contributed by atoms with Gasteiger partial charge in [-0.2, -0.15) is 0 Å². The zero-order chi connectivity index (χ0) is 19.9. The molecule has 1 aromatic heterocycles. The maximum atomic E-state index is 12.8. The van der Waals surface area contributed by atoms with Crippen LogP contribution in [0.3, 0.4) is 0 Å². The number of fused-ring (bicyclic) bond motifs is 1. The Hall–Kier alpha value is -3.12. The van der Waals surface area contributed by atoms with Crippen molar-refractivity contribution in [2.75, 3.05) is 14.2 Å². The third-order valence-corrected chi connectivity index (χ3v) is 4.85. The first-order chi connectivity index (χ1) is 13.6. The minimum Gasteiger partial charge on any atom is -0.467 e. The van der Waals surface area contributed by atoms with Crippen molar-refractivity contribution in [2.24, 2.45) is 0 Å². The molecule has 3 rings (SSSR count). The van der Waals surface area contributed by atoms with E-state index in [0.717, 1.165) is 22.0 Å². The molecule has 6 heteroatoms. The van der Waals surface area contributed by atoms with Gasteiger partial charge in [0, 0.05) is 23.5 Å². The SMILES string of the molecule is CNC(Cc1ccccc1)C(=O)NC(Cc1c[nH]c2ccccc12)C(=O)OC. The van der Waals surface area contributed by atoms with E-state index in [0.29, 0.717) is 12.8 Å². The van der Waals surface area contributed by atoms with Crippen LogP contribution in [0.2, 0.25) is 0 Å². The van der Waals surface area contributed by atoms with E-state index < -0.39 is 18.1 Å². The Morgan fingerprint density at radius 3 is 2.43 bits per heavy atom. The lowest BCUT2D eigenvalue weighted by molar-refractivity contribution is -0.145. The molecule has 0 radical (unpaired) electrons. The molecule has 0 aliphatic rings. The third-order valence-electron chi connectivity index (χ3n) is 4.85. The summed E-state index contributed by atoms with van der Waals surface area (Å²) in [6.07, 6.45) is 2.75. The van der Waals surface area contributed by atoms with Gasteiger partial charge in [0.05, 0.1) is 13.2 Å². The van der Waals surface area contributed by atoms with Crippen LogP contribution in [-0.2, 0) is 27.2 Å². The van der Waals surface area contributed by atoms with Crippen molar-refractivity contribution in [1.82, 2.24) is 15.6 Å². The number of aromatic nitrogens is 1. The number of rotatable bonds is 8. The number of benzene rings is 2. The molecule has 146 valence electrons. The number of H-pyrrole nitrogens is 1. The number of ether oxygens (including phenoxy) is 1. The molecule has 1 heterocycles. The van der Waals surface area contributed by atoms with E-state index in [9.17, 15) is 9.59 Å². The average Bonchev–Trinajstić information content (AvgIpc) is 3.14. The van der Waals surface area contributed by atoms with Crippen LogP contribution in [0.4, 0.5) is 0 Å². The smallest absolute Gasteiger partial charge is 0.328 e. The van der Waals surface area contributed by atoms with E-state index in [2.05, 4.69) is 15.6 Å². The number of esters is 1. The van der Waals surface area contributed by atoms with E-state index in [4.69, 9.17) is 4.74 Å². The molecule has 2 atom stereocenters. The number of aromatic amines is 1. The van der Waals surface area contributed by atoms with E-state index in [1.165, 1.54) is 7.11 Å². The second-order valence-electron chi connectivity index (χ2n) is 6.68. The normalized spacial score (nSPS) is 13.1. The van der Waals surface area contributed by atoms with Gasteiger partial charge in [0.25, 0.3) is 0 Å². The van der Waals surface area contributed by atoms with Crippen LogP contribution in [0, 0.1) is 0 Å². The molecule has 1 amide bonds. The lowest BCUT2D eigenvalue weighted by atomic mass is 10.0. The van der Waals surface area contributed by atoms with Gasteiger partial charge in [0.15, 0.2) is 0 Å². The Morgan fingerprint density at radius 1 is 1.00 bits per heavy atom. The van der Waals surface area contributed by atoms with E-state index >= 15 is 0 Å². The first kappa shape index (κ1) is 19.6. The fourth-order valence-corrected chi connectivity index (χ4v) is 3.30. The molecular weight excluding hydrogens is 354 g/mol. The molecule has 6 nitrogen and oxygen atoms in total. The fourth-order valence-electron chi connectivity index (χ4n) is 3.30. The van der Waals surface area contributed by atoms with Gasteiger partial charge in [0.1, 0.15) is 6.04 Å². The molecule has 0 aliphatic carbocycles. The van der Waals surface area contributed by atoms with Crippen molar-refractivity contribution in [3.05, 3.63) is 71.9 Å². The quantitative estimate of drug-likeness (QED) is 0.524. The van der Waals surface area contributed by atoms with Crippen LogP contribution < -0.4 is 10.6 Å². The van der Waals surface area contributed by atoms with Crippen molar-refractivity contribution in [3.8, 4) is 0 Å². The molecule has 0 saturated carbocycles. The monoisotopic (exact) mass is 379 g/mol. The highest BCUT2D eigenvalue weighted by atomic mass is 16.5. The predicted molar refractivity (Wildman–Crippen MR) is 109 cm³/mol. The number of hydrogen-bond donors (Lipinski definition) is 3. The van der Waals surface area contributed by atoms with Gasteiger partial charge < -0.3 is 20.4 Å². The number of para-hydroxylation sites is 1. The zero-order valence-electron chi connectivity index (χ0n) is 16.1. The Labute approximate surface area is 164 Å². The topological polar surface area (TPSA) is 83.2 Å². The van der Waals surface area contributed by atoms with E-state index in [1.54, 1.807) is 7.05 Å². The predicted octanol–water partition coefficient (Wildman–Crippen LogP) is 2.20. The largest absolute Gasteiger partial charge is 0.467 e. The van der Waals surface area contributed by atoms with E-state index in [1.807, 2.05) is 60.8 Å². The molecule has 0 spiro atoms. The summed E-state index contributed by atoms with van der Waals surface area (Å²) < 4.78 is 4.92. The first-order valence-corrected chi connectivity index (χ1v) is 9.26. The zero-order valence-corrected chi connectivity index (χ0v) is 16.1. The highest BCUT2D eigenvalue weighted by Crippen LogP contribution is 2.19. The van der Waals surface area contributed by atoms with Crippen molar-refractivity contribution in [2.45, 2.75) is 24.9 Å². The van der Waals surface area contributed by atoms with Gasteiger partial charge in [-0.3, -0.25) is 4.79 Å². The first-order valence-electron chi connectivity index (χ1n) is 9.26.